The lowest BCUT2D eigenvalue weighted by atomic mass is 10.0. The van der Waals surface area contributed by atoms with Gasteiger partial charge in [0.25, 0.3) is 6.47 Å². The van der Waals surface area contributed by atoms with Gasteiger partial charge in [0.2, 0.25) is 0 Å². The largest absolute Gasteiger partial charge is 0.428 e. The van der Waals surface area contributed by atoms with Crippen LogP contribution in [0.15, 0.2) is 12.1 Å². The zero-order valence-electron chi connectivity index (χ0n) is 7.55. The summed E-state index contributed by atoms with van der Waals surface area (Å²) in [5.74, 6) is 0.646. The van der Waals surface area contributed by atoms with E-state index in [1.54, 1.807) is 0 Å². The molecule has 0 heterocycles. The van der Waals surface area contributed by atoms with Gasteiger partial charge in [-0.15, -0.1) is 0 Å². The molecule has 0 aromatic heterocycles. The first-order valence-corrected chi connectivity index (χ1v) is 3.84. The number of carbonyl (C=O) groups is 1. The summed E-state index contributed by atoms with van der Waals surface area (Å²) in [7, 11) is 0. The van der Waals surface area contributed by atoms with Crippen molar-refractivity contribution in [2.24, 2.45) is 0 Å². The van der Waals surface area contributed by atoms with Gasteiger partial charge in [-0.05, 0) is 43.5 Å². The summed E-state index contributed by atoms with van der Waals surface area (Å²) in [4.78, 5) is 10.1. The first-order chi connectivity index (χ1) is 5.66. The Kier molecular flexibility index (Phi) is 2.48. The van der Waals surface area contributed by atoms with E-state index in [9.17, 15) is 4.79 Å². The van der Waals surface area contributed by atoms with Gasteiger partial charge in [0.15, 0.2) is 0 Å². The van der Waals surface area contributed by atoms with Gasteiger partial charge in [-0.25, -0.2) is 0 Å². The molecule has 0 fully saturated rings. The number of rotatable bonds is 2. The van der Waals surface area contributed by atoms with Crippen molar-refractivity contribution in [1.29, 1.82) is 0 Å². The number of benzene rings is 1. The lowest BCUT2D eigenvalue weighted by Crippen LogP contribution is -1.94. The van der Waals surface area contributed by atoms with Crippen molar-refractivity contribution < 1.29 is 9.53 Å². The Morgan fingerprint density at radius 2 is 1.83 bits per heavy atom. The highest BCUT2D eigenvalue weighted by atomic mass is 16.5. The smallest absolute Gasteiger partial charge is 0.298 e. The fraction of sp³-hybridized carbons (Fsp3) is 0.300. The molecule has 1 aromatic carbocycles. The zero-order valence-corrected chi connectivity index (χ0v) is 7.55. The third kappa shape index (κ3) is 1.47. The third-order valence-electron chi connectivity index (χ3n) is 2.18. The molecule has 1 rings (SSSR count). The van der Waals surface area contributed by atoms with Crippen LogP contribution in [0.25, 0.3) is 0 Å². The molecule has 0 aliphatic carbocycles. The van der Waals surface area contributed by atoms with Crippen molar-refractivity contribution in [3.63, 3.8) is 0 Å². The first-order valence-electron chi connectivity index (χ1n) is 3.84. The highest BCUT2D eigenvalue weighted by Gasteiger charge is 2.03. The minimum atomic E-state index is 0.455. The van der Waals surface area contributed by atoms with Crippen LogP contribution >= 0.6 is 0 Å². The average molecular weight is 164 g/mol. The van der Waals surface area contributed by atoms with Crippen LogP contribution in [0.2, 0.25) is 0 Å². The van der Waals surface area contributed by atoms with Crippen LogP contribution in [0.4, 0.5) is 0 Å². The maximum Gasteiger partial charge on any atom is 0.298 e. The molecule has 12 heavy (non-hydrogen) atoms. The lowest BCUT2D eigenvalue weighted by molar-refractivity contribution is -0.120. The zero-order chi connectivity index (χ0) is 9.14. The maximum absolute atomic E-state index is 10.1. The molecule has 0 aliphatic heterocycles. The highest BCUT2D eigenvalue weighted by molar-refractivity contribution is 5.50. The second kappa shape index (κ2) is 3.39. The molecule has 0 radical (unpaired) electrons. The Balaban J connectivity index is 3.16. The van der Waals surface area contributed by atoms with Gasteiger partial charge >= 0.3 is 0 Å². The number of hydrogen-bond donors (Lipinski definition) is 0. The standard InChI is InChI=1S/C10H12O2/c1-7-4-5-10(12-6-11)9(3)8(7)2/h4-6H,1-3H3. The van der Waals surface area contributed by atoms with E-state index in [1.807, 2.05) is 32.9 Å². The third-order valence-corrected chi connectivity index (χ3v) is 2.18. The Morgan fingerprint density at radius 3 is 2.42 bits per heavy atom. The van der Waals surface area contributed by atoms with Gasteiger partial charge in [-0.3, -0.25) is 4.79 Å². The molecule has 0 unspecified atom stereocenters. The predicted octanol–water partition coefficient (Wildman–Crippen LogP) is 2.15. The summed E-state index contributed by atoms with van der Waals surface area (Å²) >= 11 is 0. The van der Waals surface area contributed by atoms with E-state index in [1.165, 1.54) is 11.1 Å². The Hall–Kier alpha value is -1.31. The van der Waals surface area contributed by atoms with Crippen molar-refractivity contribution in [1.82, 2.24) is 0 Å². The van der Waals surface area contributed by atoms with E-state index in [-0.39, 0.29) is 0 Å². The number of ether oxygens (including phenoxy) is 1. The summed E-state index contributed by atoms with van der Waals surface area (Å²) in [5, 5.41) is 0. The van der Waals surface area contributed by atoms with E-state index >= 15 is 0 Å². The molecule has 0 atom stereocenters. The summed E-state index contributed by atoms with van der Waals surface area (Å²) in [5.41, 5.74) is 3.42. The Labute approximate surface area is 72.2 Å². The molecule has 2 heteroatoms. The normalized spacial score (nSPS) is 9.58. The fourth-order valence-electron chi connectivity index (χ4n) is 1.11. The van der Waals surface area contributed by atoms with Gasteiger partial charge < -0.3 is 4.74 Å². The number of carbonyl (C=O) groups excluding carboxylic acids is 1. The van der Waals surface area contributed by atoms with E-state index in [0.29, 0.717) is 12.2 Å². The van der Waals surface area contributed by atoms with Gasteiger partial charge in [-0.2, -0.15) is 0 Å². The number of aryl methyl sites for hydroxylation is 1. The summed E-state index contributed by atoms with van der Waals surface area (Å²) in [6, 6.07) is 3.76. The quantitative estimate of drug-likeness (QED) is 0.626. The SMILES string of the molecule is Cc1ccc(OC=O)c(C)c1C. The van der Waals surface area contributed by atoms with Crippen molar-refractivity contribution in [3.05, 3.63) is 28.8 Å². The topological polar surface area (TPSA) is 26.3 Å². The molecule has 0 saturated carbocycles. The molecule has 0 aliphatic rings. The molecule has 64 valence electrons. The minimum Gasteiger partial charge on any atom is -0.428 e. The molecule has 1 aromatic rings. The molecule has 0 spiro atoms. The molecule has 0 amide bonds. The molecule has 2 nitrogen and oxygen atoms in total. The maximum atomic E-state index is 10.1. The molecular formula is C10H12O2. The Bertz CT molecular complexity index is 303. The number of hydrogen-bond acceptors (Lipinski definition) is 2. The molecule has 0 N–H and O–H groups in total. The van der Waals surface area contributed by atoms with E-state index in [0.717, 1.165) is 5.56 Å². The molecule has 0 saturated heterocycles. The first kappa shape index (κ1) is 8.78. The molecular weight excluding hydrogens is 152 g/mol. The highest BCUT2D eigenvalue weighted by Crippen LogP contribution is 2.22. The summed E-state index contributed by atoms with van der Waals surface area (Å²) in [6.45, 7) is 6.45. The van der Waals surface area contributed by atoms with E-state index in [4.69, 9.17) is 4.74 Å². The van der Waals surface area contributed by atoms with Gasteiger partial charge in [0.05, 0.1) is 0 Å². The minimum absolute atomic E-state index is 0.455. The van der Waals surface area contributed by atoms with E-state index in [2.05, 4.69) is 0 Å². The van der Waals surface area contributed by atoms with Crippen LogP contribution in [0.3, 0.4) is 0 Å². The fourth-order valence-corrected chi connectivity index (χ4v) is 1.11. The van der Waals surface area contributed by atoms with Crippen molar-refractivity contribution in [3.8, 4) is 5.75 Å². The predicted molar refractivity (Wildman–Crippen MR) is 47.3 cm³/mol. The van der Waals surface area contributed by atoms with Gasteiger partial charge in [-0.1, -0.05) is 6.07 Å². The van der Waals surface area contributed by atoms with Gasteiger partial charge in [0.1, 0.15) is 5.75 Å². The van der Waals surface area contributed by atoms with E-state index < -0.39 is 0 Å². The average Bonchev–Trinajstić information content (AvgIpc) is 2.07. The van der Waals surface area contributed by atoms with Crippen molar-refractivity contribution >= 4 is 6.47 Å². The van der Waals surface area contributed by atoms with Crippen molar-refractivity contribution in [2.45, 2.75) is 20.8 Å². The summed E-state index contributed by atoms with van der Waals surface area (Å²) in [6.07, 6.45) is 0. The van der Waals surface area contributed by atoms with Crippen LogP contribution in [-0.2, 0) is 4.79 Å². The van der Waals surface area contributed by atoms with Crippen LogP contribution in [-0.4, -0.2) is 6.47 Å². The lowest BCUT2D eigenvalue weighted by Gasteiger charge is -2.07. The second-order valence-corrected chi connectivity index (χ2v) is 2.84. The van der Waals surface area contributed by atoms with Crippen LogP contribution in [0.1, 0.15) is 16.7 Å². The monoisotopic (exact) mass is 164 g/mol. The summed E-state index contributed by atoms with van der Waals surface area (Å²) < 4.78 is 4.79. The van der Waals surface area contributed by atoms with Gasteiger partial charge in [0, 0.05) is 0 Å². The van der Waals surface area contributed by atoms with Crippen molar-refractivity contribution in [2.75, 3.05) is 0 Å². The van der Waals surface area contributed by atoms with Crippen LogP contribution in [0, 0.1) is 20.8 Å². The second-order valence-electron chi connectivity index (χ2n) is 2.84. The van der Waals surface area contributed by atoms with Crippen LogP contribution < -0.4 is 4.74 Å². The molecule has 0 bridgehead atoms. The Morgan fingerprint density at radius 1 is 1.17 bits per heavy atom. The van der Waals surface area contributed by atoms with Crippen LogP contribution in [0.5, 0.6) is 5.75 Å².